The van der Waals surface area contributed by atoms with Gasteiger partial charge in [-0.3, -0.25) is 9.59 Å². The third kappa shape index (κ3) is 4.11. The second-order valence-corrected chi connectivity index (χ2v) is 9.96. The van der Waals surface area contributed by atoms with Crippen LogP contribution in [0, 0.1) is 0 Å². The molecule has 3 aromatic rings. The Morgan fingerprint density at radius 3 is 3.03 bits per heavy atom. The monoisotopic (exact) mass is 471 g/mol. The molecule has 5 rings (SSSR count). The summed E-state index contributed by atoms with van der Waals surface area (Å²) in [5.41, 5.74) is 2.08. The van der Waals surface area contributed by atoms with Gasteiger partial charge in [0.05, 0.1) is 16.9 Å². The second kappa shape index (κ2) is 9.15. The van der Waals surface area contributed by atoms with E-state index in [-0.39, 0.29) is 11.5 Å². The van der Waals surface area contributed by atoms with Crippen molar-refractivity contribution in [2.75, 3.05) is 25.5 Å². The van der Waals surface area contributed by atoms with Crippen molar-refractivity contribution < 1.29 is 14.3 Å². The van der Waals surface area contributed by atoms with Crippen molar-refractivity contribution in [3.8, 4) is 11.5 Å². The Bertz CT molecular complexity index is 1220. The van der Waals surface area contributed by atoms with Crippen LogP contribution in [-0.4, -0.2) is 46.3 Å². The molecule has 3 heterocycles. The van der Waals surface area contributed by atoms with E-state index >= 15 is 0 Å². The van der Waals surface area contributed by atoms with Crippen LogP contribution in [0.2, 0.25) is 0 Å². The number of ether oxygens (including phenoxy) is 2. The largest absolute Gasteiger partial charge is 0.486 e. The minimum absolute atomic E-state index is 0.0466. The van der Waals surface area contributed by atoms with Crippen LogP contribution in [0.1, 0.15) is 35.2 Å². The lowest BCUT2D eigenvalue weighted by Gasteiger charge is -2.25. The Labute approximate surface area is 194 Å². The normalized spacial score (nSPS) is 14.5. The number of amides is 1. The third-order valence-corrected chi connectivity index (χ3v) is 7.95. The zero-order valence-electron chi connectivity index (χ0n) is 17.9. The van der Waals surface area contributed by atoms with Crippen molar-refractivity contribution in [1.82, 2.24) is 14.9 Å². The smallest absolute Gasteiger partial charge is 0.259 e. The van der Waals surface area contributed by atoms with E-state index < -0.39 is 0 Å². The van der Waals surface area contributed by atoms with Gasteiger partial charge in [-0.25, -0.2) is 4.98 Å². The van der Waals surface area contributed by atoms with Crippen LogP contribution in [0.25, 0.3) is 10.2 Å². The molecule has 2 aliphatic rings. The number of thioether (sulfide) groups is 1. The molecule has 0 unspecified atom stereocenters. The van der Waals surface area contributed by atoms with Gasteiger partial charge in [0.15, 0.2) is 11.5 Å². The van der Waals surface area contributed by atoms with E-state index in [0.29, 0.717) is 43.6 Å². The molecule has 0 spiro atoms. The number of nitrogens with zero attached hydrogens (tertiary/aromatic N) is 2. The highest BCUT2D eigenvalue weighted by Gasteiger charge is 2.22. The maximum absolute atomic E-state index is 12.9. The lowest BCUT2D eigenvalue weighted by Crippen LogP contribution is -2.32. The average Bonchev–Trinajstić information content (AvgIpc) is 3.38. The Balaban J connectivity index is 1.22. The highest BCUT2D eigenvalue weighted by molar-refractivity contribution is 7.99. The highest BCUT2D eigenvalue weighted by atomic mass is 32.2. The first kappa shape index (κ1) is 21.3. The van der Waals surface area contributed by atoms with Crippen LogP contribution >= 0.6 is 23.1 Å². The number of hydrogen-bond donors (Lipinski definition) is 1. The van der Waals surface area contributed by atoms with Crippen molar-refractivity contribution in [2.45, 2.75) is 38.5 Å². The average molecular weight is 472 g/mol. The number of carbonyl (C=O) groups is 1. The maximum Gasteiger partial charge on any atom is 0.259 e. The first-order valence-corrected chi connectivity index (χ1v) is 12.9. The van der Waals surface area contributed by atoms with Gasteiger partial charge in [0.2, 0.25) is 5.91 Å². The molecule has 9 heteroatoms. The number of hydrogen-bond acceptors (Lipinski definition) is 7. The van der Waals surface area contributed by atoms with Gasteiger partial charge in [0.25, 0.3) is 5.56 Å². The molecule has 2 aromatic heterocycles. The first-order chi connectivity index (χ1) is 15.6. The predicted molar refractivity (Wildman–Crippen MR) is 127 cm³/mol. The molecule has 0 radical (unpaired) electrons. The number of benzene rings is 1. The lowest BCUT2D eigenvalue weighted by molar-refractivity contribution is -0.128. The molecule has 1 aliphatic heterocycles. The van der Waals surface area contributed by atoms with Crippen molar-refractivity contribution in [2.24, 2.45) is 0 Å². The highest BCUT2D eigenvalue weighted by Crippen LogP contribution is 2.35. The Kier molecular flexibility index (Phi) is 6.10. The molecule has 1 aromatic carbocycles. The van der Waals surface area contributed by atoms with Crippen molar-refractivity contribution in [1.29, 1.82) is 0 Å². The number of H-pyrrole nitrogens is 1. The van der Waals surface area contributed by atoms with E-state index in [2.05, 4.69) is 9.97 Å². The summed E-state index contributed by atoms with van der Waals surface area (Å²) in [5.74, 6) is 2.96. The summed E-state index contributed by atoms with van der Waals surface area (Å²) in [6, 6.07) is 5.78. The first-order valence-electron chi connectivity index (χ1n) is 10.9. The summed E-state index contributed by atoms with van der Waals surface area (Å²) in [7, 11) is 0. The van der Waals surface area contributed by atoms with Crippen molar-refractivity contribution in [3.63, 3.8) is 0 Å². The molecule has 0 saturated carbocycles. The molecule has 168 valence electrons. The molecule has 7 nitrogen and oxygen atoms in total. The molecule has 0 saturated heterocycles. The summed E-state index contributed by atoms with van der Waals surface area (Å²) in [4.78, 5) is 37.0. The molecule has 1 amide bonds. The fourth-order valence-electron chi connectivity index (χ4n) is 4.28. The number of fused-ring (bicyclic) bond motifs is 4. The summed E-state index contributed by atoms with van der Waals surface area (Å²) < 4.78 is 11.4. The fraction of sp³-hybridized carbons (Fsp3) is 0.435. The van der Waals surface area contributed by atoms with E-state index in [4.69, 9.17) is 9.47 Å². The van der Waals surface area contributed by atoms with Gasteiger partial charge in [-0.05, 0) is 37.8 Å². The molecule has 32 heavy (non-hydrogen) atoms. The van der Waals surface area contributed by atoms with Crippen LogP contribution in [-0.2, 0) is 29.9 Å². The van der Waals surface area contributed by atoms with E-state index in [1.165, 1.54) is 22.2 Å². The molecule has 0 bridgehead atoms. The second-order valence-electron chi connectivity index (χ2n) is 7.89. The maximum atomic E-state index is 12.9. The number of aromatic nitrogens is 2. The number of para-hydroxylation sites is 1. The molecule has 1 N–H and O–H groups in total. The molecular weight excluding hydrogens is 446 g/mol. The van der Waals surface area contributed by atoms with Gasteiger partial charge < -0.3 is 19.4 Å². The van der Waals surface area contributed by atoms with E-state index in [0.717, 1.165) is 46.5 Å². The van der Waals surface area contributed by atoms with Gasteiger partial charge in [-0.15, -0.1) is 23.1 Å². The summed E-state index contributed by atoms with van der Waals surface area (Å²) >= 11 is 3.11. The van der Waals surface area contributed by atoms with E-state index in [1.54, 1.807) is 11.3 Å². The van der Waals surface area contributed by atoms with Gasteiger partial charge >= 0.3 is 0 Å². The van der Waals surface area contributed by atoms with Crippen molar-refractivity contribution in [3.05, 3.63) is 50.4 Å². The Hall–Kier alpha value is -2.52. The Morgan fingerprint density at radius 1 is 1.28 bits per heavy atom. The van der Waals surface area contributed by atoms with Crippen LogP contribution in [0.3, 0.4) is 0 Å². The lowest BCUT2D eigenvalue weighted by atomic mass is 10.1. The van der Waals surface area contributed by atoms with Gasteiger partial charge in [0.1, 0.15) is 23.9 Å². The quantitative estimate of drug-likeness (QED) is 0.568. The standard InChI is InChI=1S/C23H25N3O4S2/c1-2-26(11-14-5-3-7-16-21(14)30-10-9-29-16)19(27)13-31-12-18-24-22(28)20-15-6-4-8-17(15)32-23(20)25-18/h3,5,7H,2,4,6,8-13H2,1H3,(H,24,25,28). The summed E-state index contributed by atoms with van der Waals surface area (Å²) in [5, 5.41) is 0.766. The third-order valence-electron chi connectivity index (χ3n) is 5.83. The summed E-state index contributed by atoms with van der Waals surface area (Å²) in [6.07, 6.45) is 3.13. The number of nitrogens with one attached hydrogen (secondary N) is 1. The zero-order valence-corrected chi connectivity index (χ0v) is 19.6. The molecule has 0 fully saturated rings. The van der Waals surface area contributed by atoms with Gasteiger partial charge in [-0.1, -0.05) is 12.1 Å². The van der Waals surface area contributed by atoms with Crippen LogP contribution in [0.15, 0.2) is 23.0 Å². The minimum atomic E-state index is -0.0532. The number of aromatic amines is 1. The Morgan fingerprint density at radius 2 is 2.16 bits per heavy atom. The number of rotatable bonds is 7. The molecular formula is C23H25N3O4S2. The van der Waals surface area contributed by atoms with E-state index in [1.807, 2.05) is 30.0 Å². The van der Waals surface area contributed by atoms with Crippen LogP contribution in [0.4, 0.5) is 0 Å². The zero-order chi connectivity index (χ0) is 22.1. The number of aryl methyl sites for hydroxylation is 2. The minimum Gasteiger partial charge on any atom is -0.486 e. The van der Waals surface area contributed by atoms with Crippen LogP contribution in [0.5, 0.6) is 11.5 Å². The van der Waals surface area contributed by atoms with Gasteiger partial charge in [0, 0.05) is 23.5 Å². The number of thiophene rings is 1. The number of carbonyl (C=O) groups excluding carboxylic acids is 1. The fourth-order valence-corrected chi connectivity index (χ4v) is 6.35. The SMILES string of the molecule is CCN(Cc1cccc2c1OCCO2)C(=O)CSCc1nc2sc3c(c2c(=O)[nH]1)CCC3. The molecule has 0 atom stereocenters. The summed E-state index contributed by atoms with van der Waals surface area (Å²) in [6.45, 7) is 4.11. The molecule has 1 aliphatic carbocycles. The van der Waals surface area contributed by atoms with E-state index in [9.17, 15) is 9.59 Å². The van der Waals surface area contributed by atoms with Gasteiger partial charge in [-0.2, -0.15) is 0 Å². The topological polar surface area (TPSA) is 84.5 Å². The van der Waals surface area contributed by atoms with Crippen LogP contribution < -0.4 is 15.0 Å². The predicted octanol–water partition coefficient (Wildman–Crippen LogP) is 3.53. The van der Waals surface area contributed by atoms with Crippen molar-refractivity contribution >= 4 is 39.2 Å².